The summed E-state index contributed by atoms with van der Waals surface area (Å²) >= 11 is 0. The fourth-order valence-corrected chi connectivity index (χ4v) is 2.61. The second-order valence-corrected chi connectivity index (χ2v) is 5.26. The van der Waals surface area contributed by atoms with Crippen molar-refractivity contribution in [1.82, 2.24) is 5.32 Å². The van der Waals surface area contributed by atoms with Crippen molar-refractivity contribution < 1.29 is 9.47 Å². The molecule has 3 rings (SSSR count). The zero-order valence-electron chi connectivity index (χ0n) is 11.7. The number of benzene rings is 2. The fraction of sp³-hybridized carbons (Fsp3) is 0.412. The summed E-state index contributed by atoms with van der Waals surface area (Å²) in [5.74, 6) is 1.64. The molecule has 1 N–H and O–H groups in total. The predicted molar refractivity (Wildman–Crippen MR) is 81.2 cm³/mol. The molecule has 2 aromatic rings. The summed E-state index contributed by atoms with van der Waals surface area (Å²) in [6, 6.07) is 14.5. The summed E-state index contributed by atoms with van der Waals surface area (Å²) in [5, 5.41) is 5.84. The van der Waals surface area contributed by atoms with E-state index < -0.39 is 0 Å². The summed E-state index contributed by atoms with van der Waals surface area (Å²) in [6.45, 7) is 4.41. The molecule has 1 aliphatic rings. The van der Waals surface area contributed by atoms with E-state index in [-0.39, 0.29) is 0 Å². The molecule has 0 radical (unpaired) electrons. The van der Waals surface area contributed by atoms with Crippen LogP contribution in [0.25, 0.3) is 10.8 Å². The van der Waals surface area contributed by atoms with Crippen LogP contribution >= 0.6 is 0 Å². The van der Waals surface area contributed by atoms with Crippen LogP contribution in [0.1, 0.15) is 6.42 Å². The number of nitrogens with one attached hydrogen (secondary N) is 1. The molecular weight excluding hydrogens is 250 g/mol. The highest BCUT2D eigenvalue weighted by Crippen LogP contribution is 2.24. The maximum atomic E-state index is 5.89. The molecule has 0 bridgehead atoms. The zero-order chi connectivity index (χ0) is 13.6. The van der Waals surface area contributed by atoms with E-state index in [1.54, 1.807) is 0 Å². The van der Waals surface area contributed by atoms with Gasteiger partial charge in [0.25, 0.3) is 0 Å². The zero-order valence-corrected chi connectivity index (χ0v) is 11.7. The summed E-state index contributed by atoms with van der Waals surface area (Å²) in [4.78, 5) is 0. The Bertz CT molecular complexity index is 544. The molecule has 106 valence electrons. The lowest BCUT2D eigenvalue weighted by Crippen LogP contribution is -2.27. The van der Waals surface area contributed by atoms with Crippen LogP contribution in [0, 0.1) is 5.92 Å². The third-order valence-electron chi connectivity index (χ3n) is 3.74. The van der Waals surface area contributed by atoms with E-state index in [9.17, 15) is 0 Å². The smallest absolute Gasteiger partial charge is 0.127 e. The molecule has 0 aliphatic carbocycles. The van der Waals surface area contributed by atoms with Gasteiger partial charge in [0.05, 0.1) is 6.61 Å². The minimum Gasteiger partial charge on any atom is -0.492 e. The Morgan fingerprint density at radius 2 is 2.05 bits per heavy atom. The molecule has 0 spiro atoms. The van der Waals surface area contributed by atoms with Crippen LogP contribution < -0.4 is 10.1 Å². The Morgan fingerprint density at radius 3 is 2.95 bits per heavy atom. The molecule has 1 unspecified atom stereocenters. The first kappa shape index (κ1) is 13.4. The van der Waals surface area contributed by atoms with Crippen LogP contribution in [0.4, 0.5) is 0 Å². The number of ether oxygens (including phenoxy) is 2. The Labute approximate surface area is 119 Å². The summed E-state index contributed by atoms with van der Waals surface area (Å²) in [6.07, 6.45) is 1.18. The van der Waals surface area contributed by atoms with E-state index in [1.165, 1.54) is 17.2 Å². The second-order valence-electron chi connectivity index (χ2n) is 5.26. The molecule has 1 atom stereocenters. The number of hydrogen-bond donors (Lipinski definition) is 1. The van der Waals surface area contributed by atoms with Crippen LogP contribution in [-0.2, 0) is 4.74 Å². The topological polar surface area (TPSA) is 30.5 Å². The van der Waals surface area contributed by atoms with Gasteiger partial charge in [0, 0.05) is 25.1 Å². The number of fused-ring (bicyclic) bond motifs is 1. The van der Waals surface area contributed by atoms with Gasteiger partial charge in [0.15, 0.2) is 0 Å². The first-order chi connectivity index (χ1) is 9.93. The lowest BCUT2D eigenvalue weighted by Gasteiger charge is -2.11. The molecule has 3 nitrogen and oxygen atoms in total. The Kier molecular flexibility index (Phi) is 4.51. The van der Waals surface area contributed by atoms with Gasteiger partial charge in [-0.15, -0.1) is 0 Å². The van der Waals surface area contributed by atoms with Gasteiger partial charge in [-0.2, -0.15) is 0 Å². The van der Waals surface area contributed by atoms with Crippen molar-refractivity contribution in [3.8, 4) is 5.75 Å². The fourth-order valence-electron chi connectivity index (χ4n) is 2.61. The van der Waals surface area contributed by atoms with Gasteiger partial charge in [0.2, 0.25) is 0 Å². The average Bonchev–Trinajstić information content (AvgIpc) is 3.00. The highest BCUT2D eigenvalue weighted by atomic mass is 16.5. The van der Waals surface area contributed by atoms with E-state index >= 15 is 0 Å². The summed E-state index contributed by atoms with van der Waals surface area (Å²) in [7, 11) is 0. The highest BCUT2D eigenvalue weighted by molar-refractivity contribution is 5.88. The lowest BCUT2D eigenvalue weighted by molar-refractivity contribution is 0.185. The van der Waals surface area contributed by atoms with E-state index in [2.05, 4.69) is 29.6 Å². The van der Waals surface area contributed by atoms with Gasteiger partial charge >= 0.3 is 0 Å². The van der Waals surface area contributed by atoms with Crippen molar-refractivity contribution in [3.63, 3.8) is 0 Å². The van der Waals surface area contributed by atoms with Crippen molar-refractivity contribution in [1.29, 1.82) is 0 Å². The van der Waals surface area contributed by atoms with Gasteiger partial charge in [-0.1, -0.05) is 36.4 Å². The Balaban J connectivity index is 1.47. The molecule has 1 heterocycles. The normalized spacial score (nSPS) is 18.5. The molecule has 0 aromatic heterocycles. The van der Waals surface area contributed by atoms with E-state index in [4.69, 9.17) is 9.47 Å². The Morgan fingerprint density at radius 1 is 1.15 bits per heavy atom. The van der Waals surface area contributed by atoms with E-state index in [0.29, 0.717) is 12.5 Å². The third-order valence-corrected chi connectivity index (χ3v) is 3.74. The summed E-state index contributed by atoms with van der Waals surface area (Å²) in [5.41, 5.74) is 0. The maximum absolute atomic E-state index is 5.89. The van der Waals surface area contributed by atoms with Gasteiger partial charge in [-0.25, -0.2) is 0 Å². The van der Waals surface area contributed by atoms with Gasteiger partial charge in [-0.05, 0) is 23.8 Å². The number of hydrogen-bond acceptors (Lipinski definition) is 3. The van der Waals surface area contributed by atoms with Crippen molar-refractivity contribution in [3.05, 3.63) is 42.5 Å². The minimum atomic E-state index is 0.674. The highest BCUT2D eigenvalue weighted by Gasteiger charge is 2.14. The molecule has 1 aliphatic heterocycles. The molecule has 0 amide bonds. The van der Waals surface area contributed by atoms with Crippen LogP contribution in [0.15, 0.2) is 42.5 Å². The number of rotatable bonds is 6. The SMILES string of the molecule is c1ccc2c(OCCNCC3CCOC3)cccc2c1. The standard InChI is InChI=1S/C17H21NO2/c1-2-6-16-15(4-1)5-3-7-17(16)20-11-9-18-12-14-8-10-19-13-14/h1-7,14,18H,8-13H2. The van der Waals surface area contributed by atoms with Gasteiger partial charge in [-0.3, -0.25) is 0 Å². The quantitative estimate of drug-likeness (QED) is 0.820. The van der Waals surface area contributed by atoms with Crippen LogP contribution in [0.2, 0.25) is 0 Å². The van der Waals surface area contributed by atoms with Crippen LogP contribution in [0.5, 0.6) is 5.75 Å². The molecule has 3 heteroatoms. The van der Waals surface area contributed by atoms with Crippen molar-refractivity contribution in [2.24, 2.45) is 5.92 Å². The molecule has 20 heavy (non-hydrogen) atoms. The minimum absolute atomic E-state index is 0.674. The molecule has 0 saturated carbocycles. The van der Waals surface area contributed by atoms with E-state index in [1.807, 2.05) is 18.2 Å². The van der Waals surface area contributed by atoms with Gasteiger partial charge < -0.3 is 14.8 Å². The molecular formula is C17H21NO2. The predicted octanol–water partition coefficient (Wildman–Crippen LogP) is 2.84. The van der Waals surface area contributed by atoms with Crippen LogP contribution in [0.3, 0.4) is 0 Å². The first-order valence-corrected chi connectivity index (χ1v) is 7.32. The molecule has 1 saturated heterocycles. The monoisotopic (exact) mass is 271 g/mol. The third kappa shape index (κ3) is 3.30. The maximum Gasteiger partial charge on any atom is 0.127 e. The van der Waals surface area contributed by atoms with Crippen molar-refractivity contribution in [2.45, 2.75) is 6.42 Å². The first-order valence-electron chi connectivity index (χ1n) is 7.32. The van der Waals surface area contributed by atoms with E-state index in [0.717, 1.165) is 32.1 Å². The van der Waals surface area contributed by atoms with Crippen molar-refractivity contribution in [2.75, 3.05) is 32.9 Å². The second kappa shape index (κ2) is 6.73. The Hall–Kier alpha value is -1.58. The average molecular weight is 271 g/mol. The van der Waals surface area contributed by atoms with Crippen molar-refractivity contribution >= 4 is 10.8 Å². The molecule has 1 fully saturated rings. The molecule has 2 aromatic carbocycles. The van der Waals surface area contributed by atoms with Gasteiger partial charge in [0.1, 0.15) is 12.4 Å². The largest absolute Gasteiger partial charge is 0.492 e. The van der Waals surface area contributed by atoms with Crippen LogP contribution in [-0.4, -0.2) is 32.9 Å². The summed E-state index contributed by atoms with van der Waals surface area (Å²) < 4.78 is 11.3. The lowest BCUT2D eigenvalue weighted by atomic mass is 10.1.